The highest BCUT2D eigenvalue weighted by atomic mass is 32.2. The number of hydrogen-bond donors (Lipinski definition) is 3. The molecule has 0 aromatic carbocycles. The lowest BCUT2D eigenvalue weighted by atomic mass is 10.3. The standard InChI is InChI=1S/C11H18N4O2S2/c1-18-9-3-2-8(6-9)15-19(16,17)10-4-5-13-11(7-10)14-12/h4-5,7-9,15H,2-3,6,12H2,1H3,(H,13,14). The fourth-order valence-corrected chi connectivity index (χ4v) is 4.30. The van der Waals surface area contributed by atoms with Gasteiger partial charge in [-0.25, -0.2) is 24.0 Å². The molecule has 8 heteroatoms. The van der Waals surface area contributed by atoms with Gasteiger partial charge in [0.15, 0.2) is 0 Å². The van der Waals surface area contributed by atoms with Crippen LogP contribution < -0.4 is 16.0 Å². The van der Waals surface area contributed by atoms with Crippen molar-refractivity contribution in [3.8, 4) is 0 Å². The molecule has 2 atom stereocenters. The van der Waals surface area contributed by atoms with Crippen molar-refractivity contribution >= 4 is 27.6 Å². The van der Waals surface area contributed by atoms with E-state index in [1.165, 1.54) is 18.3 Å². The molecule has 19 heavy (non-hydrogen) atoms. The molecule has 2 rings (SSSR count). The van der Waals surface area contributed by atoms with Crippen molar-refractivity contribution in [2.75, 3.05) is 11.7 Å². The van der Waals surface area contributed by atoms with Gasteiger partial charge >= 0.3 is 0 Å². The molecule has 0 aliphatic heterocycles. The van der Waals surface area contributed by atoms with Gasteiger partial charge in [0, 0.05) is 23.6 Å². The molecule has 1 aliphatic rings. The summed E-state index contributed by atoms with van der Waals surface area (Å²) in [5, 5.41) is 0.548. The first-order valence-electron chi connectivity index (χ1n) is 6.03. The zero-order valence-electron chi connectivity index (χ0n) is 10.7. The maximum absolute atomic E-state index is 12.2. The van der Waals surface area contributed by atoms with Crippen molar-refractivity contribution in [1.82, 2.24) is 9.71 Å². The van der Waals surface area contributed by atoms with Crippen LogP contribution in [-0.2, 0) is 10.0 Å². The van der Waals surface area contributed by atoms with Crippen LogP contribution >= 0.6 is 11.8 Å². The minimum Gasteiger partial charge on any atom is -0.308 e. The van der Waals surface area contributed by atoms with Gasteiger partial charge < -0.3 is 5.43 Å². The van der Waals surface area contributed by atoms with Gasteiger partial charge in [0.1, 0.15) is 5.82 Å². The number of pyridine rings is 1. The molecule has 2 unspecified atom stereocenters. The quantitative estimate of drug-likeness (QED) is 0.553. The minimum atomic E-state index is -3.50. The first-order chi connectivity index (χ1) is 9.05. The number of aromatic nitrogens is 1. The molecule has 1 saturated carbocycles. The van der Waals surface area contributed by atoms with E-state index in [0.29, 0.717) is 11.1 Å². The molecule has 0 saturated heterocycles. The minimum absolute atomic E-state index is 0.0184. The summed E-state index contributed by atoms with van der Waals surface area (Å²) in [6.45, 7) is 0. The zero-order valence-corrected chi connectivity index (χ0v) is 12.3. The van der Waals surface area contributed by atoms with E-state index in [0.717, 1.165) is 19.3 Å². The maximum Gasteiger partial charge on any atom is 0.241 e. The van der Waals surface area contributed by atoms with Crippen LogP contribution in [0.1, 0.15) is 19.3 Å². The van der Waals surface area contributed by atoms with Gasteiger partial charge in [-0.3, -0.25) is 0 Å². The van der Waals surface area contributed by atoms with Crippen molar-refractivity contribution in [3.05, 3.63) is 18.3 Å². The lowest BCUT2D eigenvalue weighted by molar-refractivity contribution is 0.552. The van der Waals surface area contributed by atoms with Crippen LogP contribution in [0.3, 0.4) is 0 Å². The van der Waals surface area contributed by atoms with Crippen molar-refractivity contribution in [1.29, 1.82) is 0 Å². The van der Waals surface area contributed by atoms with Crippen LogP contribution in [0.4, 0.5) is 5.82 Å². The molecule has 4 N–H and O–H groups in total. The molecule has 0 radical (unpaired) electrons. The van der Waals surface area contributed by atoms with Crippen LogP contribution in [0.2, 0.25) is 0 Å². The predicted octanol–water partition coefficient (Wildman–Crippen LogP) is 0.930. The fourth-order valence-electron chi connectivity index (χ4n) is 2.21. The van der Waals surface area contributed by atoms with Gasteiger partial charge in [-0.05, 0) is 31.6 Å². The lowest BCUT2D eigenvalue weighted by Crippen LogP contribution is -2.33. The van der Waals surface area contributed by atoms with Crippen molar-refractivity contribution in [2.24, 2.45) is 5.84 Å². The lowest BCUT2D eigenvalue weighted by Gasteiger charge is -2.13. The van der Waals surface area contributed by atoms with E-state index in [1.807, 2.05) is 0 Å². The van der Waals surface area contributed by atoms with Gasteiger partial charge in [0.2, 0.25) is 10.0 Å². The summed E-state index contributed by atoms with van der Waals surface area (Å²) in [6, 6.07) is 2.90. The smallest absolute Gasteiger partial charge is 0.241 e. The average molecular weight is 302 g/mol. The normalized spacial score (nSPS) is 23.5. The molecule has 0 spiro atoms. The summed E-state index contributed by atoms with van der Waals surface area (Å²) in [7, 11) is -3.50. The molecule has 1 aliphatic carbocycles. The Labute approximate surface area is 117 Å². The number of nitrogens with zero attached hydrogens (tertiary/aromatic N) is 1. The summed E-state index contributed by atoms with van der Waals surface area (Å²) >= 11 is 1.79. The van der Waals surface area contributed by atoms with Gasteiger partial charge in [0.25, 0.3) is 0 Å². The Balaban J connectivity index is 2.10. The van der Waals surface area contributed by atoms with Gasteiger partial charge in [0.05, 0.1) is 4.90 Å². The molecular formula is C11H18N4O2S2. The number of sulfonamides is 1. The highest BCUT2D eigenvalue weighted by molar-refractivity contribution is 7.99. The second-order valence-electron chi connectivity index (χ2n) is 4.51. The Morgan fingerprint density at radius 1 is 1.47 bits per heavy atom. The third kappa shape index (κ3) is 3.59. The highest BCUT2D eigenvalue weighted by Crippen LogP contribution is 2.29. The Morgan fingerprint density at radius 2 is 2.26 bits per heavy atom. The van der Waals surface area contributed by atoms with Gasteiger partial charge in [-0.2, -0.15) is 11.8 Å². The van der Waals surface area contributed by atoms with Crippen LogP contribution in [0.5, 0.6) is 0 Å². The largest absolute Gasteiger partial charge is 0.308 e. The molecule has 6 nitrogen and oxygen atoms in total. The third-order valence-corrected chi connectivity index (χ3v) is 5.84. The molecule has 1 aromatic heterocycles. The number of hydrazine groups is 1. The monoisotopic (exact) mass is 302 g/mol. The van der Waals surface area contributed by atoms with E-state index < -0.39 is 10.0 Å². The molecule has 1 aromatic rings. The Kier molecular flexibility index (Phi) is 4.67. The SMILES string of the molecule is CSC1CCC(NS(=O)(=O)c2ccnc(NN)c2)C1. The number of thioether (sulfide) groups is 1. The van der Waals surface area contributed by atoms with E-state index in [1.54, 1.807) is 11.8 Å². The van der Waals surface area contributed by atoms with Crippen LogP contribution in [0.15, 0.2) is 23.2 Å². The number of hydrogen-bond acceptors (Lipinski definition) is 6. The second kappa shape index (κ2) is 6.08. The van der Waals surface area contributed by atoms with E-state index >= 15 is 0 Å². The summed E-state index contributed by atoms with van der Waals surface area (Å²) in [6.07, 6.45) is 6.30. The summed E-state index contributed by atoms with van der Waals surface area (Å²) in [4.78, 5) is 4.08. The fraction of sp³-hybridized carbons (Fsp3) is 0.545. The molecule has 0 bridgehead atoms. The first kappa shape index (κ1) is 14.6. The van der Waals surface area contributed by atoms with E-state index in [2.05, 4.69) is 21.4 Å². The Bertz CT molecular complexity index is 535. The number of nitrogens with one attached hydrogen (secondary N) is 2. The predicted molar refractivity (Wildman–Crippen MR) is 77.3 cm³/mol. The third-order valence-electron chi connectivity index (χ3n) is 3.23. The van der Waals surface area contributed by atoms with Crippen molar-refractivity contribution in [2.45, 2.75) is 35.4 Å². The molecule has 1 heterocycles. The molecule has 106 valence electrons. The molecular weight excluding hydrogens is 284 g/mol. The summed E-state index contributed by atoms with van der Waals surface area (Å²) in [5.41, 5.74) is 2.34. The highest BCUT2D eigenvalue weighted by Gasteiger charge is 2.28. The number of nitrogens with two attached hydrogens (primary N) is 1. The van der Waals surface area contributed by atoms with Gasteiger partial charge in [-0.1, -0.05) is 0 Å². The van der Waals surface area contributed by atoms with Crippen LogP contribution in [0, 0.1) is 0 Å². The second-order valence-corrected chi connectivity index (χ2v) is 7.36. The average Bonchev–Trinajstić information content (AvgIpc) is 2.85. The van der Waals surface area contributed by atoms with Crippen LogP contribution in [0.25, 0.3) is 0 Å². The van der Waals surface area contributed by atoms with E-state index in [4.69, 9.17) is 5.84 Å². The number of anilines is 1. The number of nitrogen functional groups attached to an aromatic ring is 1. The Hall–Kier alpha value is -0.830. The van der Waals surface area contributed by atoms with Crippen molar-refractivity contribution < 1.29 is 8.42 Å². The Morgan fingerprint density at radius 3 is 2.89 bits per heavy atom. The van der Waals surface area contributed by atoms with E-state index in [-0.39, 0.29) is 10.9 Å². The molecule has 0 amide bonds. The summed E-state index contributed by atoms with van der Waals surface area (Å²) < 4.78 is 27.2. The maximum atomic E-state index is 12.2. The molecule has 1 fully saturated rings. The van der Waals surface area contributed by atoms with Gasteiger partial charge in [-0.15, -0.1) is 0 Å². The first-order valence-corrected chi connectivity index (χ1v) is 8.80. The van der Waals surface area contributed by atoms with E-state index in [9.17, 15) is 8.42 Å². The number of rotatable bonds is 5. The zero-order chi connectivity index (χ0) is 13.9. The topological polar surface area (TPSA) is 97.1 Å². The van der Waals surface area contributed by atoms with Crippen LogP contribution in [-0.4, -0.2) is 30.9 Å². The van der Waals surface area contributed by atoms with Crippen molar-refractivity contribution in [3.63, 3.8) is 0 Å². The summed E-state index contributed by atoms with van der Waals surface area (Å²) in [5.74, 6) is 5.56.